The van der Waals surface area contributed by atoms with Crippen molar-refractivity contribution >= 4 is 17.7 Å². The third kappa shape index (κ3) is 3.34. The molecule has 0 radical (unpaired) electrons. The lowest BCUT2D eigenvalue weighted by Crippen LogP contribution is -2.44. The van der Waals surface area contributed by atoms with E-state index in [1.165, 1.54) is 4.90 Å². The highest BCUT2D eigenvalue weighted by atomic mass is 16.2. The van der Waals surface area contributed by atoms with E-state index in [9.17, 15) is 14.4 Å². The lowest BCUT2D eigenvalue weighted by Gasteiger charge is -2.25. The van der Waals surface area contributed by atoms with Gasteiger partial charge in [0.1, 0.15) is 0 Å². The van der Waals surface area contributed by atoms with Crippen LogP contribution in [-0.2, 0) is 14.4 Å². The SMILES string of the molecule is CCC(C)(C)NC(=O)CCN1C(=O)[C@H]2CC=CC[C@H]2C1=O. The van der Waals surface area contributed by atoms with E-state index in [0.29, 0.717) is 12.8 Å². The summed E-state index contributed by atoms with van der Waals surface area (Å²) in [7, 11) is 0. The van der Waals surface area contributed by atoms with Crippen LogP contribution in [0.2, 0.25) is 0 Å². The fourth-order valence-corrected chi connectivity index (χ4v) is 2.83. The Morgan fingerprint density at radius 2 is 1.76 bits per heavy atom. The quantitative estimate of drug-likeness (QED) is 0.618. The van der Waals surface area contributed by atoms with Crippen molar-refractivity contribution in [2.75, 3.05) is 6.54 Å². The summed E-state index contributed by atoms with van der Waals surface area (Å²) in [6, 6.07) is 0. The normalized spacial score (nSPS) is 25.2. The number of likely N-dealkylation sites (tertiary alicyclic amines) is 1. The fourth-order valence-electron chi connectivity index (χ4n) is 2.83. The Bertz CT molecular complexity index is 456. The zero-order valence-corrected chi connectivity index (χ0v) is 13.0. The van der Waals surface area contributed by atoms with E-state index in [1.807, 2.05) is 32.9 Å². The predicted octanol–water partition coefficient (Wildman–Crippen LogP) is 1.63. The first kappa shape index (κ1) is 15.7. The zero-order valence-electron chi connectivity index (χ0n) is 13.0. The molecule has 3 amide bonds. The number of nitrogens with zero attached hydrogens (tertiary/aromatic N) is 1. The molecule has 5 nitrogen and oxygen atoms in total. The molecular formula is C16H24N2O3. The second kappa shape index (κ2) is 6.00. The van der Waals surface area contributed by atoms with Gasteiger partial charge in [0.15, 0.2) is 0 Å². The van der Waals surface area contributed by atoms with Crippen LogP contribution in [0.3, 0.4) is 0 Å². The van der Waals surface area contributed by atoms with E-state index < -0.39 is 0 Å². The molecule has 0 aromatic rings. The van der Waals surface area contributed by atoms with Gasteiger partial charge in [-0.3, -0.25) is 19.3 Å². The van der Waals surface area contributed by atoms with E-state index >= 15 is 0 Å². The van der Waals surface area contributed by atoms with Crippen molar-refractivity contribution in [1.29, 1.82) is 0 Å². The van der Waals surface area contributed by atoms with Crippen LogP contribution < -0.4 is 5.32 Å². The highest BCUT2D eigenvalue weighted by Crippen LogP contribution is 2.34. The molecule has 0 saturated carbocycles. The van der Waals surface area contributed by atoms with Gasteiger partial charge in [0.2, 0.25) is 17.7 Å². The minimum Gasteiger partial charge on any atom is -0.351 e. The molecule has 1 saturated heterocycles. The Labute approximate surface area is 125 Å². The molecule has 5 heteroatoms. The maximum atomic E-state index is 12.2. The van der Waals surface area contributed by atoms with Crippen LogP contribution in [0, 0.1) is 11.8 Å². The number of nitrogens with one attached hydrogen (secondary N) is 1. The topological polar surface area (TPSA) is 66.5 Å². The van der Waals surface area contributed by atoms with Gasteiger partial charge in [-0.05, 0) is 33.1 Å². The number of carbonyl (C=O) groups excluding carboxylic acids is 3. The predicted molar refractivity (Wildman–Crippen MR) is 79.2 cm³/mol. The van der Waals surface area contributed by atoms with Crippen molar-refractivity contribution in [3.8, 4) is 0 Å². The summed E-state index contributed by atoms with van der Waals surface area (Å²) >= 11 is 0. The molecule has 0 aromatic carbocycles. The van der Waals surface area contributed by atoms with E-state index in [-0.39, 0.29) is 48.1 Å². The third-order valence-corrected chi connectivity index (χ3v) is 4.52. The number of imide groups is 1. The number of hydrogen-bond donors (Lipinski definition) is 1. The Kier molecular flexibility index (Phi) is 4.49. The molecular weight excluding hydrogens is 268 g/mol. The first-order valence-corrected chi connectivity index (χ1v) is 7.67. The van der Waals surface area contributed by atoms with Crippen LogP contribution in [0.5, 0.6) is 0 Å². The van der Waals surface area contributed by atoms with Crippen LogP contribution in [0.25, 0.3) is 0 Å². The van der Waals surface area contributed by atoms with Crippen molar-refractivity contribution in [3.05, 3.63) is 12.2 Å². The van der Waals surface area contributed by atoms with Gasteiger partial charge in [-0.15, -0.1) is 0 Å². The minimum atomic E-state index is -0.256. The molecule has 0 spiro atoms. The van der Waals surface area contributed by atoms with Crippen LogP contribution in [-0.4, -0.2) is 34.7 Å². The molecule has 0 unspecified atom stereocenters. The first-order chi connectivity index (χ1) is 9.85. The summed E-state index contributed by atoms with van der Waals surface area (Å²) < 4.78 is 0. The van der Waals surface area contributed by atoms with Gasteiger partial charge in [-0.25, -0.2) is 0 Å². The van der Waals surface area contributed by atoms with E-state index in [1.54, 1.807) is 0 Å². The molecule has 0 aromatic heterocycles. The molecule has 2 atom stereocenters. The molecule has 2 aliphatic rings. The maximum Gasteiger partial charge on any atom is 0.233 e. The Balaban J connectivity index is 1.91. The van der Waals surface area contributed by atoms with Gasteiger partial charge in [-0.2, -0.15) is 0 Å². The van der Waals surface area contributed by atoms with Gasteiger partial charge in [0.05, 0.1) is 11.8 Å². The number of amides is 3. The Morgan fingerprint density at radius 3 is 2.24 bits per heavy atom. The summed E-state index contributed by atoms with van der Waals surface area (Å²) in [6.07, 6.45) is 6.21. The van der Waals surface area contributed by atoms with Crippen LogP contribution in [0.1, 0.15) is 46.5 Å². The Hall–Kier alpha value is -1.65. The lowest BCUT2D eigenvalue weighted by molar-refractivity contribution is -0.140. The average molecular weight is 292 g/mol. The number of fused-ring (bicyclic) bond motifs is 1. The van der Waals surface area contributed by atoms with Crippen molar-refractivity contribution in [1.82, 2.24) is 10.2 Å². The molecule has 1 N–H and O–H groups in total. The monoisotopic (exact) mass is 292 g/mol. The molecule has 1 aliphatic carbocycles. The Morgan fingerprint density at radius 1 is 1.24 bits per heavy atom. The maximum absolute atomic E-state index is 12.2. The van der Waals surface area contributed by atoms with Gasteiger partial charge in [-0.1, -0.05) is 19.1 Å². The summed E-state index contributed by atoms with van der Waals surface area (Å²) in [5.41, 5.74) is -0.256. The van der Waals surface area contributed by atoms with Crippen LogP contribution >= 0.6 is 0 Å². The standard InChI is InChI=1S/C16H24N2O3/c1-4-16(2,3)17-13(19)9-10-18-14(20)11-7-5-6-8-12(11)15(18)21/h5-6,11-12H,4,7-10H2,1-3H3,(H,17,19)/t11-,12+. The van der Waals surface area contributed by atoms with Gasteiger partial charge in [0, 0.05) is 18.5 Å². The van der Waals surface area contributed by atoms with Crippen molar-refractivity contribution < 1.29 is 14.4 Å². The van der Waals surface area contributed by atoms with Crippen molar-refractivity contribution in [2.45, 2.75) is 52.0 Å². The summed E-state index contributed by atoms with van der Waals surface area (Å²) in [5.74, 6) is -0.764. The zero-order chi connectivity index (χ0) is 15.6. The molecule has 0 bridgehead atoms. The van der Waals surface area contributed by atoms with Gasteiger partial charge < -0.3 is 5.32 Å². The smallest absolute Gasteiger partial charge is 0.233 e. The first-order valence-electron chi connectivity index (χ1n) is 7.67. The summed E-state index contributed by atoms with van der Waals surface area (Å²) in [5, 5.41) is 2.92. The van der Waals surface area contributed by atoms with Crippen molar-refractivity contribution in [2.24, 2.45) is 11.8 Å². The molecule has 21 heavy (non-hydrogen) atoms. The third-order valence-electron chi connectivity index (χ3n) is 4.52. The molecule has 1 heterocycles. The second-order valence-electron chi connectivity index (χ2n) is 6.52. The molecule has 2 rings (SSSR count). The fraction of sp³-hybridized carbons (Fsp3) is 0.688. The summed E-state index contributed by atoms with van der Waals surface area (Å²) in [6.45, 7) is 6.11. The molecule has 1 fully saturated rings. The number of hydrogen-bond acceptors (Lipinski definition) is 3. The molecule has 116 valence electrons. The molecule has 1 aliphatic heterocycles. The number of rotatable bonds is 5. The highest BCUT2D eigenvalue weighted by Gasteiger charge is 2.46. The van der Waals surface area contributed by atoms with E-state index in [4.69, 9.17) is 0 Å². The largest absolute Gasteiger partial charge is 0.351 e. The van der Waals surface area contributed by atoms with Crippen LogP contribution in [0.15, 0.2) is 12.2 Å². The summed E-state index contributed by atoms with van der Waals surface area (Å²) in [4.78, 5) is 37.7. The van der Waals surface area contributed by atoms with E-state index in [0.717, 1.165) is 6.42 Å². The van der Waals surface area contributed by atoms with Crippen LogP contribution in [0.4, 0.5) is 0 Å². The average Bonchev–Trinajstić information content (AvgIpc) is 2.69. The highest BCUT2D eigenvalue weighted by molar-refractivity contribution is 6.05. The van der Waals surface area contributed by atoms with Gasteiger partial charge >= 0.3 is 0 Å². The van der Waals surface area contributed by atoms with Crippen molar-refractivity contribution in [3.63, 3.8) is 0 Å². The van der Waals surface area contributed by atoms with E-state index in [2.05, 4.69) is 5.32 Å². The number of carbonyl (C=O) groups is 3. The lowest BCUT2D eigenvalue weighted by atomic mass is 9.85. The van der Waals surface area contributed by atoms with Gasteiger partial charge in [0.25, 0.3) is 0 Å². The second-order valence-corrected chi connectivity index (χ2v) is 6.52. The number of allylic oxidation sites excluding steroid dienone is 2. The minimum absolute atomic E-state index is 0.114.